The first-order valence-corrected chi connectivity index (χ1v) is 4.68. The summed E-state index contributed by atoms with van der Waals surface area (Å²) in [6.07, 6.45) is 5.84. The molecular formula is C6H5Br2N3. The third kappa shape index (κ3) is 1.22. The van der Waals surface area contributed by atoms with Crippen molar-refractivity contribution in [1.82, 2.24) is 10.3 Å². The third-order valence-electron chi connectivity index (χ3n) is 1.48. The Morgan fingerprint density at radius 3 is 3.18 bits per heavy atom. The van der Waals surface area contributed by atoms with E-state index in [1.54, 1.807) is 0 Å². The van der Waals surface area contributed by atoms with Crippen molar-refractivity contribution in [3.63, 3.8) is 0 Å². The van der Waals surface area contributed by atoms with Gasteiger partial charge in [0.25, 0.3) is 0 Å². The minimum atomic E-state index is 0.149. The molecule has 58 valence electrons. The molecule has 0 saturated carbocycles. The Balaban J connectivity index is 2.33. The summed E-state index contributed by atoms with van der Waals surface area (Å²) in [5.74, 6) is 0. The number of fused-ring (bicyclic) bond motifs is 1. The van der Waals surface area contributed by atoms with Crippen molar-refractivity contribution in [1.29, 1.82) is 0 Å². The van der Waals surface area contributed by atoms with Crippen LogP contribution < -0.4 is 5.32 Å². The Hall–Kier alpha value is -0.290. The van der Waals surface area contributed by atoms with Gasteiger partial charge < -0.3 is 5.32 Å². The molecule has 1 atom stereocenters. The summed E-state index contributed by atoms with van der Waals surface area (Å²) in [6, 6.07) is 0. The number of hydrogen-bond acceptors (Lipinski definition) is 3. The van der Waals surface area contributed by atoms with Gasteiger partial charge in [0.05, 0.1) is 0 Å². The molecule has 0 bridgehead atoms. The highest BCUT2D eigenvalue weighted by molar-refractivity contribution is 9.18. The van der Waals surface area contributed by atoms with Crippen LogP contribution in [0.25, 0.3) is 0 Å². The molecule has 0 radical (unpaired) electrons. The van der Waals surface area contributed by atoms with Crippen LogP contribution in [0.3, 0.4) is 0 Å². The van der Waals surface area contributed by atoms with Crippen LogP contribution >= 0.6 is 31.9 Å². The molecule has 0 aromatic heterocycles. The zero-order valence-electron chi connectivity index (χ0n) is 5.46. The summed E-state index contributed by atoms with van der Waals surface area (Å²) in [7, 11) is 0. The SMILES string of the molecule is BrC1=CC(Br)=NN2C=CNC12. The van der Waals surface area contributed by atoms with Crippen molar-refractivity contribution in [3.8, 4) is 0 Å². The highest BCUT2D eigenvalue weighted by Crippen LogP contribution is 2.24. The van der Waals surface area contributed by atoms with E-state index >= 15 is 0 Å². The second kappa shape index (κ2) is 2.64. The van der Waals surface area contributed by atoms with Crippen molar-refractivity contribution in [2.45, 2.75) is 6.17 Å². The van der Waals surface area contributed by atoms with E-state index in [9.17, 15) is 0 Å². The minimum Gasteiger partial charge on any atom is -0.364 e. The van der Waals surface area contributed by atoms with E-state index < -0.39 is 0 Å². The molecule has 0 aromatic rings. The van der Waals surface area contributed by atoms with Gasteiger partial charge in [0.15, 0.2) is 6.17 Å². The molecule has 0 saturated heterocycles. The van der Waals surface area contributed by atoms with Gasteiger partial charge in [-0.3, -0.25) is 0 Å². The summed E-state index contributed by atoms with van der Waals surface area (Å²) < 4.78 is 1.90. The fourth-order valence-electron chi connectivity index (χ4n) is 1.00. The maximum atomic E-state index is 4.21. The lowest BCUT2D eigenvalue weighted by Crippen LogP contribution is -2.34. The summed E-state index contributed by atoms with van der Waals surface area (Å²) in [6.45, 7) is 0. The van der Waals surface area contributed by atoms with E-state index in [4.69, 9.17) is 0 Å². The van der Waals surface area contributed by atoms with E-state index in [-0.39, 0.29) is 6.17 Å². The second-order valence-electron chi connectivity index (χ2n) is 2.22. The Kier molecular flexibility index (Phi) is 1.77. The van der Waals surface area contributed by atoms with E-state index in [2.05, 4.69) is 42.3 Å². The number of nitrogens with zero attached hydrogens (tertiary/aromatic N) is 2. The standard InChI is InChI=1S/C6H5Br2N3/c7-4-3-5(8)10-11-2-1-9-6(4)11/h1-3,6,9H. The summed E-state index contributed by atoms with van der Waals surface area (Å²) in [4.78, 5) is 0. The molecule has 0 fully saturated rings. The topological polar surface area (TPSA) is 27.6 Å². The molecule has 2 aliphatic heterocycles. The maximum Gasteiger partial charge on any atom is 0.152 e. The Morgan fingerprint density at radius 1 is 1.55 bits per heavy atom. The molecule has 0 amide bonds. The lowest BCUT2D eigenvalue weighted by Gasteiger charge is -2.23. The Labute approximate surface area is 81.1 Å². The van der Waals surface area contributed by atoms with Crippen molar-refractivity contribution < 1.29 is 0 Å². The van der Waals surface area contributed by atoms with Crippen LogP contribution in [0.1, 0.15) is 0 Å². The zero-order chi connectivity index (χ0) is 7.84. The van der Waals surface area contributed by atoms with Gasteiger partial charge in [-0.15, -0.1) is 0 Å². The van der Waals surface area contributed by atoms with Crippen molar-refractivity contribution in [2.24, 2.45) is 5.10 Å². The number of hydrogen-bond donors (Lipinski definition) is 1. The quantitative estimate of drug-likeness (QED) is 0.730. The number of halogens is 2. The average molecular weight is 279 g/mol. The number of allylic oxidation sites excluding steroid dienone is 1. The highest BCUT2D eigenvalue weighted by atomic mass is 79.9. The third-order valence-corrected chi connectivity index (χ3v) is 2.53. The molecule has 3 nitrogen and oxygen atoms in total. The number of rotatable bonds is 0. The fourth-order valence-corrected chi connectivity index (χ4v) is 2.30. The van der Waals surface area contributed by atoms with Gasteiger partial charge in [0, 0.05) is 16.9 Å². The zero-order valence-corrected chi connectivity index (χ0v) is 8.63. The van der Waals surface area contributed by atoms with E-state index in [1.165, 1.54) is 0 Å². The smallest absolute Gasteiger partial charge is 0.152 e. The van der Waals surface area contributed by atoms with Gasteiger partial charge in [-0.05, 0) is 22.0 Å². The molecule has 0 aromatic carbocycles. The molecule has 0 spiro atoms. The van der Waals surface area contributed by atoms with Gasteiger partial charge in [0.2, 0.25) is 0 Å². The summed E-state index contributed by atoms with van der Waals surface area (Å²) in [5.41, 5.74) is 0. The van der Waals surface area contributed by atoms with Crippen LogP contribution in [-0.4, -0.2) is 15.8 Å². The maximum absolute atomic E-state index is 4.21. The van der Waals surface area contributed by atoms with Crippen LogP contribution in [0.4, 0.5) is 0 Å². The lowest BCUT2D eigenvalue weighted by molar-refractivity contribution is 0.337. The van der Waals surface area contributed by atoms with Gasteiger partial charge >= 0.3 is 0 Å². The van der Waals surface area contributed by atoms with Crippen molar-refractivity contribution >= 4 is 36.5 Å². The van der Waals surface area contributed by atoms with Crippen LogP contribution in [0.5, 0.6) is 0 Å². The number of hydrazone groups is 1. The van der Waals surface area contributed by atoms with Gasteiger partial charge in [-0.2, -0.15) is 5.10 Å². The largest absolute Gasteiger partial charge is 0.364 e. The van der Waals surface area contributed by atoms with E-state index in [1.807, 2.05) is 23.5 Å². The highest BCUT2D eigenvalue weighted by Gasteiger charge is 2.24. The van der Waals surface area contributed by atoms with Gasteiger partial charge in [0.1, 0.15) is 4.62 Å². The Bertz CT molecular complexity index is 269. The monoisotopic (exact) mass is 277 g/mol. The Morgan fingerprint density at radius 2 is 2.36 bits per heavy atom. The van der Waals surface area contributed by atoms with Crippen molar-refractivity contribution in [3.05, 3.63) is 23.0 Å². The van der Waals surface area contributed by atoms with Gasteiger partial charge in [-0.1, -0.05) is 15.9 Å². The van der Waals surface area contributed by atoms with E-state index in [0.717, 1.165) is 9.10 Å². The molecule has 1 unspecified atom stereocenters. The van der Waals surface area contributed by atoms with Gasteiger partial charge in [-0.25, -0.2) is 5.01 Å². The lowest BCUT2D eigenvalue weighted by atomic mass is 10.4. The summed E-state index contributed by atoms with van der Waals surface area (Å²) >= 11 is 6.75. The molecule has 5 heteroatoms. The first kappa shape index (κ1) is 7.36. The second-order valence-corrected chi connectivity index (χ2v) is 3.95. The minimum absolute atomic E-state index is 0.149. The normalized spacial score (nSPS) is 27.5. The van der Waals surface area contributed by atoms with Crippen LogP contribution in [0.15, 0.2) is 28.1 Å². The number of nitrogens with one attached hydrogen (secondary N) is 1. The predicted molar refractivity (Wildman–Crippen MR) is 51.3 cm³/mol. The predicted octanol–water partition coefficient (Wildman–Crippen LogP) is 1.69. The molecule has 2 aliphatic rings. The average Bonchev–Trinajstić information content (AvgIpc) is 2.34. The molecule has 11 heavy (non-hydrogen) atoms. The van der Waals surface area contributed by atoms with Crippen LogP contribution in [0, 0.1) is 0 Å². The van der Waals surface area contributed by atoms with Crippen LogP contribution in [0.2, 0.25) is 0 Å². The first-order valence-electron chi connectivity index (χ1n) is 3.09. The fraction of sp³-hybridized carbons (Fsp3) is 0.167. The molecular weight excluding hydrogens is 274 g/mol. The molecule has 0 aliphatic carbocycles. The molecule has 2 heterocycles. The molecule has 2 rings (SSSR count). The summed E-state index contributed by atoms with van der Waals surface area (Å²) in [5, 5.41) is 9.18. The van der Waals surface area contributed by atoms with E-state index in [0.29, 0.717) is 0 Å². The first-order chi connectivity index (χ1) is 5.27. The molecule has 1 N–H and O–H groups in total. The van der Waals surface area contributed by atoms with Crippen LogP contribution in [-0.2, 0) is 0 Å². The van der Waals surface area contributed by atoms with Crippen molar-refractivity contribution in [2.75, 3.05) is 0 Å².